The number of carbonyl (C=O) groups is 4. The van der Waals surface area contributed by atoms with Crippen LogP contribution in [0.2, 0.25) is 0 Å². The zero-order valence-corrected chi connectivity index (χ0v) is 40.5. The first kappa shape index (κ1) is 52.1. The van der Waals surface area contributed by atoms with Crippen molar-refractivity contribution >= 4 is 53.2 Å². The van der Waals surface area contributed by atoms with Crippen LogP contribution < -0.4 is 14.4 Å². The number of carboxylic acid groups (broad SMARTS) is 2. The minimum absolute atomic E-state index is 0.0233. The van der Waals surface area contributed by atoms with Gasteiger partial charge in [-0.05, 0) is 84.7 Å². The molecule has 0 unspecified atom stereocenters. The summed E-state index contributed by atoms with van der Waals surface area (Å²) in [5.74, 6) is -0.680. The molecule has 1 heterocycles. The number of carbonyl (C=O) groups excluding carboxylic acids is 2. The third kappa shape index (κ3) is 17.1. The molecule has 0 atom stereocenters. The zero-order chi connectivity index (χ0) is 46.0. The summed E-state index contributed by atoms with van der Waals surface area (Å²) < 4.78 is 11.7. The van der Waals surface area contributed by atoms with E-state index in [4.69, 9.17) is 19.7 Å². The Morgan fingerprint density at radius 1 is 0.567 bits per heavy atom. The van der Waals surface area contributed by atoms with Crippen LogP contribution in [-0.2, 0) is 40.8 Å². The Bertz CT molecular complexity index is 1760. The lowest BCUT2D eigenvalue weighted by atomic mass is 9.79. The minimum Gasteiger partial charge on any atom is -0.481 e. The van der Waals surface area contributed by atoms with Crippen LogP contribution in [0.4, 0.5) is 5.82 Å². The quantitative estimate of drug-likeness (QED) is 0.0649. The predicted molar refractivity (Wildman–Crippen MR) is 246 cm³/mol. The van der Waals surface area contributed by atoms with Gasteiger partial charge in [0.2, 0.25) is 0 Å². The van der Waals surface area contributed by atoms with Crippen LogP contribution in [0.3, 0.4) is 0 Å². The molecule has 0 radical (unpaired) electrons. The predicted octanol–water partition coefficient (Wildman–Crippen LogP) is 12.0. The minimum atomic E-state index is -0.941. The summed E-state index contributed by atoms with van der Waals surface area (Å²) >= 11 is 3.45. The number of aliphatic carboxylic acids is 2. The van der Waals surface area contributed by atoms with E-state index in [2.05, 4.69) is 126 Å². The number of benzene rings is 2. The van der Waals surface area contributed by atoms with Gasteiger partial charge >= 0.3 is 23.9 Å². The second kappa shape index (κ2) is 21.2. The van der Waals surface area contributed by atoms with Crippen molar-refractivity contribution in [2.24, 2.45) is 0 Å². The monoisotopic (exact) mass is 866 g/mol. The van der Waals surface area contributed by atoms with E-state index in [-0.39, 0.29) is 64.3 Å². The molecule has 0 aliphatic carbocycles. The van der Waals surface area contributed by atoms with Gasteiger partial charge in [0.25, 0.3) is 0 Å². The fourth-order valence-corrected chi connectivity index (χ4v) is 8.66. The van der Waals surface area contributed by atoms with Crippen molar-refractivity contribution in [3.63, 3.8) is 0 Å². The third-order valence-electron chi connectivity index (χ3n) is 9.17. The second-order valence-corrected chi connectivity index (χ2v) is 23.5. The van der Waals surface area contributed by atoms with E-state index in [1.54, 1.807) is 29.7 Å². The summed E-state index contributed by atoms with van der Waals surface area (Å²) in [4.78, 5) is 56.1. The van der Waals surface area contributed by atoms with E-state index in [0.717, 1.165) is 37.9 Å². The average molecular weight is 867 g/mol. The molecule has 12 heteroatoms. The summed E-state index contributed by atoms with van der Waals surface area (Å²) in [5.41, 5.74) is 2.22. The topological polar surface area (TPSA) is 143 Å². The fraction of sp³-hybridized carbons (Fsp3) is 0.562. The lowest BCUT2D eigenvalue weighted by molar-refractivity contribution is -0.139. The molecule has 0 saturated carbocycles. The van der Waals surface area contributed by atoms with E-state index >= 15 is 0 Å². The van der Waals surface area contributed by atoms with Gasteiger partial charge in [-0.2, -0.15) is 0 Å². The number of pyridine rings is 1. The van der Waals surface area contributed by atoms with Gasteiger partial charge in [-0.25, -0.2) is 4.98 Å². The van der Waals surface area contributed by atoms with Gasteiger partial charge in [-0.15, -0.1) is 23.5 Å². The van der Waals surface area contributed by atoms with E-state index in [1.807, 2.05) is 37.2 Å². The first-order valence-corrected chi connectivity index (χ1v) is 22.1. The molecule has 0 fully saturated rings. The molecule has 0 aliphatic rings. The van der Waals surface area contributed by atoms with Gasteiger partial charge in [0, 0.05) is 78.0 Å². The van der Waals surface area contributed by atoms with Crippen molar-refractivity contribution in [3.05, 3.63) is 70.9 Å². The maximum atomic E-state index is 12.9. The molecule has 2 N–H and O–H groups in total. The molecule has 332 valence electrons. The molecule has 10 nitrogen and oxygen atoms in total. The molecular weight excluding hydrogens is 797 g/mol. The second-order valence-electron chi connectivity index (χ2n) is 19.8. The van der Waals surface area contributed by atoms with Crippen LogP contribution in [0, 0.1) is 0 Å². The Labute approximate surface area is 368 Å². The molecular formula is C48H70N2O8S2. The summed E-state index contributed by atoms with van der Waals surface area (Å²) in [6, 6.07) is 14.3. The highest BCUT2D eigenvalue weighted by molar-refractivity contribution is 8.18. The van der Waals surface area contributed by atoms with Crippen molar-refractivity contribution in [3.8, 4) is 11.5 Å². The van der Waals surface area contributed by atoms with Crippen LogP contribution in [0.25, 0.3) is 0 Å². The van der Waals surface area contributed by atoms with Crippen LogP contribution in [-0.4, -0.2) is 57.2 Å². The lowest BCUT2D eigenvalue weighted by Crippen LogP contribution is -2.23. The van der Waals surface area contributed by atoms with Crippen molar-refractivity contribution in [1.29, 1.82) is 0 Å². The van der Waals surface area contributed by atoms with Crippen LogP contribution in [0.5, 0.6) is 11.5 Å². The number of carboxylic acids is 2. The standard InChI is InChI=1S/C41H60O8S2.C7H10N2/c1-37(2,3)27-21-25(22-28(38(4,5)6)35(27)48-33(46)19-15-17-31(42)43)50-41(13,14)51-26-23-29(39(7,8)9)36(30(24-26)40(10,11)12)49-34(47)20-16-18-32(44)45;1-9(2)7-5-3-4-6-8-7/h21-24H,15-20H2,1-14H3,(H,42,43)(H,44,45);3-6H,1-2H3. The van der Waals surface area contributed by atoms with E-state index in [9.17, 15) is 19.2 Å². The number of ether oxygens (including phenoxy) is 2. The van der Waals surface area contributed by atoms with Crippen LogP contribution >= 0.6 is 23.5 Å². The number of anilines is 1. The molecule has 0 amide bonds. The molecule has 1 aromatic heterocycles. The number of rotatable bonds is 15. The maximum absolute atomic E-state index is 12.9. The van der Waals surface area contributed by atoms with Gasteiger partial charge in [0.05, 0.1) is 4.08 Å². The summed E-state index contributed by atoms with van der Waals surface area (Å²) in [7, 11) is 3.95. The highest BCUT2D eigenvalue weighted by Gasteiger charge is 2.34. The Kier molecular flexibility index (Phi) is 18.4. The molecule has 2 aromatic carbocycles. The largest absolute Gasteiger partial charge is 0.481 e. The highest BCUT2D eigenvalue weighted by atomic mass is 32.2. The number of thioether (sulfide) groups is 2. The first-order chi connectivity index (χ1) is 27.3. The molecule has 0 aliphatic heterocycles. The molecule has 60 heavy (non-hydrogen) atoms. The molecule has 3 rings (SSSR count). The average Bonchev–Trinajstić information content (AvgIpc) is 3.07. The SMILES string of the molecule is CC(C)(Sc1cc(C(C)(C)C)c(OC(=O)CCCC(=O)O)c(C(C)(C)C)c1)Sc1cc(C(C)(C)C)c(OC(=O)CCCC(=O)O)c(C(C)(C)C)c1.CN(C)c1ccccn1. The summed E-state index contributed by atoms with van der Waals surface area (Å²) in [6.07, 6.45) is 2.08. The van der Waals surface area contributed by atoms with Gasteiger partial charge < -0.3 is 24.6 Å². The number of esters is 2. The van der Waals surface area contributed by atoms with Gasteiger partial charge in [-0.1, -0.05) is 89.2 Å². The molecule has 3 aromatic rings. The summed E-state index contributed by atoms with van der Waals surface area (Å²) in [5, 5.41) is 18.1. The lowest BCUT2D eigenvalue weighted by Gasteiger charge is -2.33. The molecule has 0 spiro atoms. The Balaban J connectivity index is 0.00000121. The fourth-order valence-electron chi connectivity index (χ4n) is 6.08. The third-order valence-corrected chi connectivity index (χ3v) is 11.6. The van der Waals surface area contributed by atoms with Gasteiger partial charge in [-0.3, -0.25) is 19.2 Å². The Hall–Kier alpha value is -4.03. The summed E-state index contributed by atoms with van der Waals surface area (Å²) in [6.45, 7) is 29.4. The van der Waals surface area contributed by atoms with E-state index in [0.29, 0.717) is 11.5 Å². The van der Waals surface area contributed by atoms with Crippen LogP contribution in [0.15, 0.2) is 58.5 Å². The molecule has 0 saturated heterocycles. The van der Waals surface area contributed by atoms with Crippen molar-refractivity contribution in [2.75, 3.05) is 19.0 Å². The van der Waals surface area contributed by atoms with Crippen LogP contribution in [0.1, 0.15) is 158 Å². The Morgan fingerprint density at radius 3 is 1.13 bits per heavy atom. The highest BCUT2D eigenvalue weighted by Crippen LogP contribution is 2.51. The van der Waals surface area contributed by atoms with Gasteiger partial charge in [0.15, 0.2) is 0 Å². The van der Waals surface area contributed by atoms with E-state index in [1.165, 1.54) is 0 Å². The number of nitrogens with zero attached hydrogens (tertiary/aromatic N) is 2. The number of hydrogen-bond acceptors (Lipinski definition) is 10. The maximum Gasteiger partial charge on any atom is 0.311 e. The molecule has 0 bridgehead atoms. The first-order valence-electron chi connectivity index (χ1n) is 20.5. The van der Waals surface area contributed by atoms with Gasteiger partial charge in [0.1, 0.15) is 17.3 Å². The Morgan fingerprint density at radius 2 is 0.900 bits per heavy atom. The van der Waals surface area contributed by atoms with Crippen molar-refractivity contribution in [2.45, 2.75) is 171 Å². The number of aromatic nitrogens is 1. The van der Waals surface area contributed by atoms with Crippen molar-refractivity contribution in [1.82, 2.24) is 4.98 Å². The smallest absolute Gasteiger partial charge is 0.311 e. The van der Waals surface area contributed by atoms with Crippen molar-refractivity contribution < 1.29 is 38.9 Å². The normalized spacial score (nSPS) is 12.3. The number of hydrogen-bond donors (Lipinski definition) is 2. The van der Waals surface area contributed by atoms with E-state index < -0.39 is 23.9 Å². The zero-order valence-electron chi connectivity index (χ0n) is 38.9.